The molecule has 2 aromatic rings. The maximum absolute atomic E-state index is 12.4. The minimum absolute atomic E-state index is 0.0276. The molecule has 1 saturated carbocycles. The van der Waals surface area contributed by atoms with Gasteiger partial charge in [-0.3, -0.25) is 9.59 Å². The van der Waals surface area contributed by atoms with Crippen molar-refractivity contribution in [1.29, 1.82) is 0 Å². The number of ketones is 1. The van der Waals surface area contributed by atoms with E-state index in [4.69, 9.17) is 11.6 Å². The highest BCUT2D eigenvalue weighted by Crippen LogP contribution is 2.35. The lowest BCUT2D eigenvalue weighted by atomic mass is 9.74. The maximum Gasteiger partial charge on any atom is 0.220 e. The summed E-state index contributed by atoms with van der Waals surface area (Å²) in [5, 5.41) is 3.75. The van der Waals surface area contributed by atoms with Crippen LogP contribution in [0.3, 0.4) is 0 Å². The van der Waals surface area contributed by atoms with Gasteiger partial charge in [-0.2, -0.15) is 0 Å². The quantitative estimate of drug-likeness (QED) is 0.573. The number of benzene rings is 2. The first kappa shape index (κ1) is 23.5. The van der Waals surface area contributed by atoms with Crippen molar-refractivity contribution < 1.29 is 9.59 Å². The van der Waals surface area contributed by atoms with Crippen LogP contribution in [0.25, 0.3) is 0 Å². The van der Waals surface area contributed by atoms with Crippen molar-refractivity contribution >= 4 is 23.3 Å². The van der Waals surface area contributed by atoms with E-state index >= 15 is 0 Å². The van der Waals surface area contributed by atoms with Crippen LogP contribution in [0.5, 0.6) is 0 Å². The van der Waals surface area contributed by atoms with Crippen molar-refractivity contribution in [2.75, 3.05) is 14.1 Å². The standard InChI is InChI=1S/C26H33ClN2O2/c1-19-4-6-20(7-5-19)18-26(29(2)3)16-14-23(15-17-26)28-25(31)13-12-24(30)21-8-10-22(27)11-9-21/h4-11,23H,12-18H2,1-3H3,(H,28,31). The van der Waals surface area contributed by atoms with Crippen LogP contribution in [-0.2, 0) is 11.2 Å². The largest absolute Gasteiger partial charge is 0.353 e. The van der Waals surface area contributed by atoms with Gasteiger partial charge in [-0.1, -0.05) is 41.4 Å². The van der Waals surface area contributed by atoms with Gasteiger partial charge in [0.25, 0.3) is 0 Å². The molecule has 0 aliphatic heterocycles. The number of carbonyl (C=O) groups excluding carboxylic acids is 2. The van der Waals surface area contributed by atoms with Crippen LogP contribution in [0.1, 0.15) is 60.0 Å². The van der Waals surface area contributed by atoms with Crippen molar-refractivity contribution in [3.63, 3.8) is 0 Å². The molecule has 0 atom stereocenters. The molecule has 0 unspecified atom stereocenters. The molecule has 1 N–H and O–H groups in total. The fourth-order valence-electron chi connectivity index (χ4n) is 4.47. The molecule has 166 valence electrons. The van der Waals surface area contributed by atoms with E-state index < -0.39 is 0 Å². The van der Waals surface area contributed by atoms with Crippen molar-refractivity contribution in [1.82, 2.24) is 10.2 Å². The smallest absolute Gasteiger partial charge is 0.220 e. The van der Waals surface area contributed by atoms with Gasteiger partial charge in [-0.15, -0.1) is 0 Å². The fourth-order valence-corrected chi connectivity index (χ4v) is 4.60. The maximum atomic E-state index is 12.4. The molecule has 0 aromatic heterocycles. The molecule has 31 heavy (non-hydrogen) atoms. The van der Waals surface area contributed by atoms with Gasteiger partial charge in [-0.05, 0) is 83.0 Å². The number of likely N-dealkylation sites (N-methyl/N-ethyl adjacent to an activating group) is 1. The summed E-state index contributed by atoms with van der Waals surface area (Å²) in [5.74, 6) is -0.0663. The molecule has 4 nitrogen and oxygen atoms in total. The average Bonchev–Trinajstić information content (AvgIpc) is 2.75. The molecule has 0 radical (unpaired) electrons. The number of Topliss-reactive ketones (excluding diaryl/α,β-unsaturated/α-hetero) is 1. The molecule has 0 bridgehead atoms. The molecule has 5 heteroatoms. The van der Waals surface area contributed by atoms with Crippen LogP contribution >= 0.6 is 11.6 Å². The van der Waals surface area contributed by atoms with Crippen molar-refractivity contribution in [2.45, 2.75) is 63.5 Å². The van der Waals surface area contributed by atoms with E-state index in [1.54, 1.807) is 24.3 Å². The van der Waals surface area contributed by atoms with Gasteiger partial charge in [0.05, 0.1) is 0 Å². The Morgan fingerprint density at radius 1 is 1.00 bits per heavy atom. The Bertz CT molecular complexity index is 883. The Morgan fingerprint density at radius 2 is 1.61 bits per heavy atom. The third-order valence-corrected chi connectivity index (χ3v) is 6.88. The van der Waals surface area contributed by atoms with E-state index in [2.05, 4.69) is 55.5 Å². The molecule has 1 amide bonds. The van der Waals surface area contributed by atoms with E-state index in [0.717, 1.165) is 32.1 Å². The van der Waals surface area contributed by atoms with Crippen LogP contribution in [0, 0.1) is 6.92 Å². The zero-order chi connectivity index (χ0) is 22.4. The first-order valence-corrected chi connectivity index (χ1v) is 11.5. The van der Waals surface area contributed by atoms with Gasteiger partial charge in [0.15, 0.2) is 5.78 Å². The van der Waals surface area contributed by atoms with Crippen molar-refractivity contribution in [3.05, 3.63) is 70.2 Å². The minimum Gasteiger partial charge on any atom is -0.353 e. The van der Waals surface area contributed by atoms with E-state index in [-0.39, 0.29) is 36.1 Å². The van der Waals surface area contributed by atoms with Crippen LogP contribution in [0.4, 0.5) is 0 Å². The molecular weight excluding hydrogens is 408 g/mol. The summed E-state index contributed by atoms with van der Waals surface area (Å²) in [6, 6.07) is 15.8. The second-order valence-corrected chi connectivity index (χ2v) is 9.49. The molecule has 0 heterocycles. The zero-order valence-corrected chi connectivity index (χ0v) is 19.5. The molecule has 0 spiro atoms. The van der Waals surface area contributed by atoms with Crippen LogP contribution in [0.2, 0.25) is 5.02 Å². The number of carbonyl (C=O) groups is 2. The lowest BCUT2D eigenvalue weighted by Crippen LogP contribution is -2.52. The molecule has 1 fully saturated rings. The Hall–Kier alpha value is -2.17. The number of nitrogens with one attached hydrogen (secondary N) is 1. The Balaban J connectivity index is 1.48. The van der Waals surface area contributed by atoms with E-state index in [9.17, 15) is 9.59 Å². The minimum atomic E-state index is -0.0387. The number of halogens is 1. The first-order chi connectivity index (χ1) is 14.8. The third-order valence-electron chi connectivity index (χ3n) is 6.63. The number of rotatable bonds is 8. The summed E-state index contributed by atoms with van der Waals surface area (Å²) in [6.45, 7) is 2.11. The second-order valence-electron chi connectivity index (χ2n) is 9.05. The number of nitrogens with zero attached hydrogens (tertiary/aromatic N) is 1. The van der Waals surface area contributed by atoms with Crippen molar-refractivity contribution in [2.24, 2.45) is 0 Å². The molecule has 3 rings (SSSR count). The molecular formula is C26H33ClN2O2. The van der Waals surface area contributed by atoms with Crippen molar-refractivity contribution in [3.8, 4) is 0 Å². The Morgan fingerprint density at radius 3 is 2.19 bits per heavy atom. The summed E-state index contributed by atoms with van der Waals surface area (Å²) in [6.07, 6.45) is 5.47. The van der Waals surface area contributed by atoms with Gasteiger partial charge in [0, 0.05) is 35.0 Å². The normalized spacial score (nSPS) is 21.1. The monoisotopic (exact) mass is 440 g/mol. The molecule has 0 saturated heterocycles. The Labute approximate surface area is 191 Å². The number of hydrogen-bond donors (Lipinski definition) is 1. The highest BCUT2D eigenvalue weighted by atomic mass is 35.5. The topological polar surface area (TPSA) is 49.4 Å². The lowest BCUT2D eigenvalue weighted by molar-refractivity contribution is -0.122. The number of hydrogen-bond acceptors (Lipinski definition) is 3. The summed E-state index contributed by atoms with van der Waals surface area (Å²) in [4.78, 5) is 27.1. The Kier molecular flexibility index (Phi) is 7.90. The third kappa shape index (κ3) is 6.41. The fraction of sp³-hybridized carbons (Fsp3) is 0.462. The molecule has 1 aliphatic carbocycles. The van der Waals surface area contributed by atoms with E-state index in [1.165, 1.54) is 11.1 Å². The summed E-state index contributed by atoms with van der Waals surface area (Å²) in [7, 11) is 4.32. The van der Waals surface area contributed by atoms with E-state index in [0.29, 0.717) is 10.6 Å². The van der Waals surface area contributed by atoms with E-state index in [1.807, 2.05) is 0 Å². The summed E-state index contributed by atoms with van der Waals surface area (Å²) >= 11 is 5.86. The summed E-state index contributed by atoms with van der Waals surface area (Å²) in [5.41, 5.74) is 3.37. The lowest BCUT2D eigenvalue weighted by Gasteiger charge is -2.45. The van der Waals surface area contributed by atoms with Gasteiger partial charge in [0.2, 0.25) is 5.91 Å². The second kappa shape index (κ2) is 10.4. The van der Waals surface area contributed by atoms with Crippen LogP contribution in [0.15, 0.2) is 48.5 Å². The van der Waals surface area contributed by atoms with Crippen LogP contribution < -0.4 is 5.32 Å². The predicted molar refractivity (Wildman–Crippen MR) is 127 cm³/mol. The molecule has 1 aliphatic rings. The highest BCUT2D eigenvalue weighted by Gasteiger charge is 2.37. The number of amides is 1. The molecule has 2 aromatic carbocycles. The number of aryl methyl sites for hydroxylation is 1. The first-order valence-electron chi connectivity index (χ1n) is 11.1. The van der Waals surface area contributed by atoms with Crippen LogP contribution in [-0.4, -0.2) is 42.3 Å². The van der Waals surface area contributed by atoms with Gasteiger partial charge < -0.3 is 10.2 Å². The zero-order valence-electron chi connectivity index (χ0n) is 18.8. The van der Waals surface area contributed by atoms with Gasteiger partial charge in [-0.25, -0.2) is 0 Å². The highest BCUT2D eigenvalue weighted by molar-refractivity contribution is 6.30. The average molecular weight is 441 g/mol. The SMILES string of the molecule is Cc1ccc(CC2(N(C)C)CCC(NC(=O)CCC(=O)c3ccc(Cl)cc3)CC2)cc1. The summed E-state index contributed by atoms with van der Waals surface area (Å²) < 4.78 is 0. The van der Waals surface area contributed by atoms with Gasteiger partial charge >= 0.3 is 0 Å². The van der Waals surface area contributed by atoms with Gasteiger partial charge in [0.1, 0.15) is 0 Å². The predicted octanol–water partition coefficient (Wildman–Crippen LogP) is 5.21.